The first-order valence-corrected chi connectivity index (χ1v) is 17.9. The first-order chi connectivity index (χ1) is 25.5. The molecule has 0 aliphatic heterocycles. The van der Waals surface area contributed by atoms with E-state index in [-0.39, 0.29) is 5.41 Å². The third kappa shape index (κ3) is 4.74. The lowest BCUT2D eigenvalue weighted by Crippen LogP contribution is -2.17. The van der Waals surface area contributed by atoms with Gasteiger partial charge in [-0.3, -0.25) is 0 Å². The summed E-state index contributed by atoms with van der Waals surface area (Å²) in [5.74, 6) is 0.728. The molecule has 0 fully saturated rings. The van der Waals surface area contributed by atoms with Crippen molar-refractivity contribution in [1.29, 1.82) is 0 Å². The zero-order chi connectivity index (χ0) is 34.8. The molecule has 1 aliphatic carbocycles. The first-order valence-electron chi connectivity index (χ1n) is 17.9. The average Bonchev–Trinajstić information content (AvgIpc) is 3.67. The molecule has 2 heterocycles. The Morgan fingerprint density at radius 2 is 0.942 bits per heavy atom. The number of hydrogen-bond acceptors (Lipinski definition) is 2. The lowest BCUT2D eigenvalue weighted by atomic mass is 9.80. The van der Waals surface area contributed by atoms with Crippen LogP contribution < -0.4 is 0 Å². The second kappa shape index (κ2) is 11.8. The molecule has 0 atom stereocenters. The minimum Gasteiger partial charge on any atom is -0.309 e. The molecule has 52 heavy (non-hydrogen) atoms. The van der Waals surface area contributed by atoms with Gasteiger partial charge >= 0.3 is 0 Å². The molecule has 0 saturated carbocycles. The summed E-state index contributed by atoms with van der Waals surface area (Å²) in [6, 6.07) is 62.9. The molecule has 0 unspecified atom stereocenters. The Kier molecular flexibility index (Phi) is 6.84. The maximum absolute atomic E-state index is 5.44. The number of hydrogen-bond donors (Lipinski definition) is 0. The van der Waals surface area contributed by atoms with Gasteiger partial charge in [0.1, 0.15) is 0 Å². The Morgan fingerprint density at radius 1 is 0.423 bits per heavy atom. The Bertz CT molecular complexity index is 2770. The molecule has 0 saturated heterocycles. The number of rotatable bonds is 5. The molecular formula is C49H35N3. The summed E-state index contributed by atoms with van der Waals surface area (Å²) >= 11 is 0. The molecule has 10 rings (SSSR count). The van der Waals surface area contributed by atoms with Crippen LogP contribution in [0.3, 0.4) is 0 Å². The van der Waals surface area contributed by atoms with E-state index in [0.29, 0.717) is 0 Å². The van der Waals surface area contributed by atoms with E-state index >= 15 is 0 Å². The molecule has 0 N–H and O–H groups in total. The number of nitrogens with zero attached hydrogens (tertiary/aromatic N) is 3. The van der Waals surface area contributed by atoms with Gasteiger partial charge in [-0.15, -0.1) is 0 Å². The van der Waals surface area contributed by atoms with Crippen molar-refractivity contribution in [3.8, 4) is 61.8 Å². The fourth-order valence-corrected chi connectivity index (χ4v) is 8.29. The van der Waals surface area contributed by atoms with E-state index in [1.807, 2.05) is 0 Å². The first kappa shape index (κ1) is 30.3. The van der Waals surface area contributed by atoms with E-state index in [0.717, 1.165) is 45.2 Å². The van der Waals surface area contributed by atoms with Gasteiger partial charge in [-0.1, -0.05) is 153 Å². The predicted octanol–water partition coefficient (Wildman–Crippen LogP) is 12.5. The minimum atomic E-state index is -0.252. The standard InChI is InChI=1S/C49H35N3/c1-49(2)42-26-9-6-25-41(42)47-45(49)46(36-20-12-17-33(29-36)32-15-4-3-5-16-32)50-48(51-47)37-21-13-18-34(30-37)35-19-14-22-38(31-35)52-43-27-10-7-23-39(43)40-24-8-11-28-44(40)52/h3-31H,1-2H3. The highest BCUT2D eigenvalue weighted by atomic mass is 15.0. The van der Waals surface area contributed by atoms with Crippen LogP contribution in [0.2, 0.25) is 0 Å². The van der Waals surface area contributed by atoms with Crippen LogP contribution in [0.1, 0.15) is 25.0 Å². The second-order valence-corrected chi connectivity index (χ2v) is 14.2. The summed E-state index contributed by atoms with van der Waals surface area (Å²) in [5, 5.41) is 2.52. The Balaban J connectivity index is 1.13. The smallest absolute Gasteiger partial charge is 0.160 e. The summed E-state index contributed by atoms with van der Waals surface area (Å²) in [4.78, 5) is 10.8. The Morgan fingerprint density at radius 3 is 1.69 bits per heavy atom. The van der Waals surface area contributed by atoms with Crippen LogP contribution in [-0.2, 0) is 5.41 Å². The molecule has 0 bridgehead atoms. The van der Waals surface area contributed by atoms with E-state index in [4.69, 9.17) is 9.97 Å². The van der Waals surface area contributed by atoms with Crippen LogP contribution in [0.4, 0.5) is 0 Å². The normalized spacial score (nSPS) is 13.0. The lowest BCUT2D eigenvalue weighted by molar-refractivity contribution is 0.658. The van der Waals surface area contributed by atoms with Gasteiger partial charge in [-0.05, 0) is 64.2 Å². The van der Waals surface area contributed by atoms with Gasteiger partial charge < -0.3 is 4.57 Å². The maximum Gasteiger partial charge on any atom is 0.160 e. The zero-order valence-electron chi connectivity index (χ0n) is 29.1. The second-order valence-electron chi connectivity index (χ2n) is 14.2. The fourth-order valence-electron chi connectivity index (χ4n) is 8.29. The molecule has 1 aliphatic rings. The van der Waals surface area contributed by atoms with E-state index in [1.165, 1.54) is 49.6 Å². The zero-order valence-corrected chi connectivity index (χ0v) is 29.1. The van der Waals surface area contributed by atoms with Crippen molar-refractivity contribution in [3.05, 3.63) is 187 Å². The van der Waals surface area contributed by atoms with E-state index in [9.17, 15) is 0 Å². The highest BCUT2D eigenvalue weighted by Crippen LogP contribution is 2.51. The summed E-state index contributed by atoms with van der Waals surface area (Å²) in [6.45, 7) is 4.60. The van der Waals surface area contributed by atoms with Crippen molar-refractivity contribution >= 4 is 21.8 Å². The van der Waals surface area contributed by atoms with Gasteiger partial charge in [-0.25, -0.2) is 9.97 Å². The summed E-state index contributed by atoms with van der Waals surface area (Å²) in [5.41, 5.74) is 15.6. The highest BCUT2D eigenvalue weighted by molar-refractivity contribution is 6.09. The topological polar surface area (TPSA) is 30.7 Å². The molecule has 3 nitrogen and oxygen atoms in total. The van der Waals surface area contributed by atoms with Crippen LogP contribution in [0, 0.1) is 0 Å². The largest absolute Gasteiger partial charge is 0.309 e. The molecule has 246 valence electrons. The van der Waals surface area contributed by atoms with E-state index in [2.05, 4.69) is 194 Å². The van der Waals surface area contributed by atoms with Crippen molar-refractivity contribution in [2.45, 2.75) is 19.3 Å². The molecule has 9 aromatic rings. The highest BCUT2D eigenvalue weighted by Gasteiger charge is 2.40. The summed E-state index contributed by atoms with van der Waals surface area (Å²) < 4.78 is 2.37. The number of fused-ring (bicyclic) bond motifs is 6. The molecule has 0 radical (unpaired) electrons. The Labute approximate surface area is 303 Å². The van der Waals surface area contributed by atoms with Crippen LogP contribution >= 0.6 is 0 Å². The molecule has 7 aromatic carbocycles. The van der Waals surface area contributed by atoms with E-state index in [1.54, 1.807) is 0 Å². The monoisotopic (exact) mass is 665 g/mol. The van der Waals surface area contributed by atoms with Gasteiger partial charge in [0.25, 0.3) is 0 Å². The number of aromatic nitrogens is 3. The van der Waals surface area contributed by atoms with Crippen molar-refractivity contribution in [2.24, 2.45) is 0 Å². The van der Waals surface area contributed by atoms with Crippen molar-refractivity contribution < 1.29 is 0 Å². The molecule has 3 heteroatoms. The van der Waals surface area contributed by atoms with E-state index < -0.39 is 0 Å². The summed E-state index contributed by atoms with van der Waals surface area (Å²) in [7, 11) is 0. The quantitative estimate of drug-likeness (QED) is 0.183. The molecular weight excluding hydrogens is 631 g/mol. The minimum absolute atomic E-state index is 0.252. The van der Waals surface area contributed by atoms with Gasteiger partial charge in [0.15, 0.2) is 5.82 Å². The van der Waals surface area contributed by atoms with Crippen LogP contribution in [0.5, 0.6) is 0 Å². The van der Waals surface area contributed by atoms with Crippen LogP contribution in [-0.4, -0.2) is 14.5 Å². The van der Waals surface area contributed by atoms with Crippen molar-refractivity contribution in [3.63, 3.8) is 0 Å². The Hall–Kier alpha value is -6.58. The number of benzene rings is 7. The SMILES string of the molecule is CC1(C)c2ccccc2-c2nc(-c3cccc(-c4cccc(-n5c6ccccc6c6ccccc65)c4)c3)nc(-c3cccc(-c4ccccc4)c3)c21. The van der Waals surface area contributed by atoms with Crippen LogP contribution in [0.25, 0.3) is 83.6 Å². The summed E-state index contributed by atoms with van der Waals surface area (Å²) in [6.07, 6.45) is 0. The third-order valence-electron chi connectivity index (χ3n) is 10.8. The average molecular weight is 666 g/mol. The van der Waals surface area contributed by atoms with Crippen molar-refractivity contribution in [2.75, 3.05) is 0 Å². The van der Waals surface area contributed by atoms with Gasteiger partial charge in [0.2, 0.25) is 0 Å². The van der Waals surface area contributed by atoms with Gasteiger partial charge in [-0.2, -0.15) is 0 Å². The van der Waals surface area contributed by atoms with Gasteiger partial charge in [0, 0.05) is 44.1 Å². The molecule has 0 spiro atoms. The number of para-hydroxylation sites is 2. The molecule has 0 amide bonds. The molecule has 2 aromatic heterocycles. The van der Waals surface area contributed by atoms with Crippen LogP contribution in [0.15, 0.2) is 176 Å². The third-order valence-corrected chi connectivity index (χ3v) is 10.8. The van der Waals surface area contributed by atoms with Gasteiger partial charge in [0.05, 0.1) is 22.4 Å². The maximum atomic E-state index is 5.44. The van der Waals surface area contributed by atoms with Crippen molar-refractivity contribution in [1.82, 2.24) is 14.5 Å². The fraction of sp³-hybridized carbons (Fsp3) is 0.0612. The lowest BCUT2D eigenvalue weighted by Gasteiger charge is -2.24. The predicted molar refractivity (Wildman–Crippen MR) is 216 cm³/mol.